The van der Waals surface area contributed by atoms with Gasteiger partial charge in [0.15, 0.2) is 5.69 Å². The zero-order valence-electron chi connectivity index (χ0n) is 10.8. The third-order valence-corrected chi connectivity index (χ3v) is 2.54. The molecule has 1 heterocycles. The minimum atomic E-state index is -4.65. The zero-order chi connectivity index (χ0) is 15.6. The summed E-state index contributed by atoms with van der Waals surface area (Å²) in [6, 6.07) is 7.14. The number of nitrogen functional groups attached to an aromatic ring is 1. The molecule has 0 bridgehead atoms. The van der Waals surface area contributed by atoms with Gasteiger partial charge in [0, 0.05) is 6.07 Å². The molecule has 0 saturated heterocycles. The molecule has 5 nitrogen and oxygen atoms in total. The first kappa shape index (κ1) is 14.6. The predicted octanol–water partition coefficient (Wildman–Crippen LogP) is 3.05. The first-order valence-electron chi connectivity index (χ1n) is 5.70. The topological polar surface area (TPSA) is 84.8 Å². The molecule has 108 valence electrons. The van der Waals surface area contributed by atoms with Gasteiger partial charge in [-0.05, 0) is 24.6 Å². The van der Waals surface area contributed by atoms with Crippen LogP contribution in [0, 0.1) is 18.3 Å². The lowest BCUT2D eigenvalue weighted by molar-refractivity contribution is -0.141. The van der Waals surface area contributed by atoms with Crippen molar-refractivity contribution in [3.8, 4) is 17.7 Å². The van der Waals surface area contributed by atoms with Gasteiger partial charge in [0.1, 0.15) is 5.75 Å². The Morgan fingerprint density at radius 3 is 2.57 bits per heavy atom. The van der Waals surface area contributed by atoms with Gasteiger partial charge in [0.25, 0.3) is 0 Å². The first-order chi connectivity index (χ1) is 9.79. The molecule has 21 heavy (non-hydrogen) atoms. The van der Waals surface area contributed by atoms with Crippen molar-refractivity contribution in [2.45, 2.75) is 13.1 Å². The van der Waals surface area contributed by atoms with Crippen LogP contribution in [0.1, 0.15) is 16.8 Å². The van der Waals surface area contributed by atoms with E-state index in [0.29, 0.717) is 17.2 Å². The molecule has 0 saturated carbocycles. The normalized spacial score (nSPS) is 11.0. The molecule has 2 aromatic rings. The van der Waals surface area contributed by atoms with E-state index in [1.54, 1.807) is 19.1 Å². The molecule has 2 N–H and O–H groups in total. The Balaban J connectivity index is 2.41. The molecule has 0 amide bonds. The predicted molar refractivity (Wildman–Crippen MR) is 67.4 cm³/mol. The number of rotatable bonds is 2. The van der Waals surface area contributed by atoms with E-state index in [1.165, 1.54) is 6.07 Å². The highest BCUT2D eigenvalue weighted by molar-refractivity contribution is 5.43. The highest BCUT2D eigenvalue weighted by atomic mass is 19.4. The quantitative estimate of drug-likeness (QED) is 0.920. The second-order valence-electron chi connectivity index (χ2n) is 4.14. The van der Waals surface area contributed by atoms with Crippen LogP contribution in [0.3, 0.4) is 0 Å². The number of ether oxygens (including phenoxy) is 1. The number of nitrogens with zero attached hydrogens (tertiary/aromatic N) is 3. The SMILES string of the molecule is Cc1ccc(C#N)cc1Oc1cc(C(F)(F)F)nc(N)n1. The summed E-state index contributed by atoms with van der Waals surface area (Å²) in [6.45, 7) is 1.69. The molecule has 0 radical (unpaired) electrons. The molecule has 0 aliphatic heterocycles. The zero-order valence-corrected chi connectivity index (χ0v) is 10.8. The smallest absolute Gasteiger partial charge is 0.433 e. The monoisotopic (exact) mass is 294 g/mol. The number of hydrogen-bond acceptors (Lipinski definition) is 5. The average molecular weight is 294 g/mol. The largest absolute Gasteiger partial charge is 0.439 e. The second kappa shape index (κ2) is 5.28. The van der Waals surface area contributed by atoms with E-state index in [2.05, 4.69) is 9.97 Å². The van der Waals surface area contributed by atoms with Gasteiger partial charge in [-0.15, -0.1) is 0 Å². The molecule has 0 atom stereocenters. The van der Waals surface area contributed by atoms with Crippen LogP contribution < -0.4 is 10.5 Å². The third kappa shape index (κ3) is 3.39. The molecule has 0 spiro atoms. The van der Waals surface area contributed by atoms with Crippen LogP contribution in [0.2, 0.25) is 0 Å². The summed E-state index contributed by atoms with van der Waals surface area (Å²) in [6.07, 6.45) is -4.65. The van der Waals surface area contributed by atoms with E-state index in [9.17, 15) is 13.2 Å². The van der Waals surface area contributed by atoms with Crippen molar-refractivity contribution in [3.05, 3.63) is 41.1 Å². The fourth-order valence-corrected chi connectivity index (χ4v) is 1.53. The van der Waals surface area contributed by atoms with E-state index in [-0.39, 0.29) is 11.6 Å². The molecule has 1 aromatic heterocycles. The number of halogens is 3. The highest BCUT2D eigenvalue weighted by Crippen LogP contribution is 2.32. The number of nitrogens with two attached hydrogens (primary N) is 1. The number of hydrogen-bond donors (Lipinski definition) is 1. The van der Waals surface area contributed by atoms with Crippen LogP contribution in [0.5, 0.6) is 11.6 Å². The van der Waals surface area contributed by atoms with Gasteiger partial charge >= 0.3 is 6.18 Å². The molecule has 1 aromatic carbocycles. The van der Waals surface area contributed by atoms with E-state index >= 15 is 0 Å². The van der Waals surface area contributed by atoms with Crippen molar-refractivity contribution in [2.75, 3.05) is 5.73 Å². The van der Waals surface area contributed by atoms with Crippen molar-refractivity contribution >= 4 is 5.95 Å². The lowest BCUT2D eigenvalue weighted by atomic mass is 10.1. The van der Waals surface area contributed by atoms with Crippen molar-refractivity contribution in [2.24, 2.45) is 0 Å². The number of anilines is 1. The van der Waals surface area contributed by atoms with E-state index in [1.807, 2.05) is 6.07 Å². The number of nitriles is 1. The minimum Gasteiger partial charge on any atom is -0.439 e. The summed E-state index contributed by atoms with van der Waals surface area (Å²) in [5.74, 6) is -0.665. The minimum absolute atomic E-state index is 0.222. The Morgan fingerprint density at radius 2 is 1.95 bits per heavy atom. The average Bonchev–Trinajstić information content (AvgIpc) is 2.39. The molecule has 0 aliphatic carbocycles. The summed E-state index contributed by atoms with van der Waals surface area (Å²) in [5, 5.41) is 8.81. The number of benzene rings is 1. The Labute approximate surface area is 117 Å². The molecular formula is C13H9F3N4O. The van der Waals surface area contributed by atoms with Crippen molar-refractivity contribution < 1.29 is 17.9 Å². The lowest BCUT2D eigenvalue weighted by Crippen LogP contribution is -2.11. The van der Waals surface area contributed by atoms with Gasteiger partial charge in [0.2, 0.25) is 11.8 Å². The first-order valence-corrected chi connectivity index (χ1v) is 5.70. The second-order valence-corrected chi connectivity index (χ2v) is 4.14. The summed E-state index contributed by atoms with van der Waals surface area (Å²) >= 11 is 0. The van der Waals surface area contributed by atoms with Gasteiger partial charge in [-0.25, -0.2) is 4.98 Å². The number of aromatic nitrogens is 2. The maximum atomic E-state index is 12.6. The van der Waals surface area contributed by atoms with Crippen LogP contribution in [-0.2, 0) is 6.18 Å². The van der Waals surface area contributed by atoms with E-state index in [4.69, 9.17) is 15.7 Å². The molecule has 2 rings (SSSR count). The van der Waals surface area contributed by atoms with E-state index in [0.717, 1.165) is 0 Å². The van der Waals surface area contributed by atoms with Crippen molar-refractivity contribution in [3.63, 3.8) is 0 Å². The van der Waals surface area contributed by atoms with Gasteiger partial charge < -0.3 is 10.5 Å². The van der Waals surface area contributed by atoms with Crippen LogP contribution in [0.25, 0.3) is 0 Å². The van der Waals surface area contributed by atoms with Crippen LogP contribution >= 0.6 is 0 Å². The summed E-state index contributed by atoms with van der Waals surface area (Å²) < 4.78 is 43.2. The summed E-state index contributed by atoms with van der Waals surface area (Å²) in [4.78, 5) is 6.71. The Bertz CT molecular complexity index is 722. The Hall–Kier alpha value is -2.82. The molecule has 8 heteroatoms. The summed E-state index contributed by atoms with van der Waals surface area (Å²) in [7, 11) is 0. The molecule has 0 unspecified atom stereocenters. The van der Waals surface area contributed by atoms with E-state index < -0.39 is 17.8 Å². The van der Waals surface area contributed by atoms with Crippen LogP contribution in [-0.4, -0.2) is 9.97 Å². The maximum absolute atomic E-state index is 12.6. The van der Waals surface area contributed by atoms with Crippen LogP contribution in [0.4, 0.5) is 19.1 Å². The van der Waals surface area contributed by atoms with Crippen LogP contribution in [0.15, 0.2) is 24.3 Å². The number of alkyl halides is 3. The maximum Gasteiger partial charge on any atom is 0.433 e. The van der Waals surface area contributed by atoms with Crippen molar-refractivity contribution in [1.82, 2.24) is 9.97 Å². The molecule has 0 aliphatic rings. The fraction of sp³-hybridized carbons (Fsp3) is 0.154. The lowest BCUT2D eigenvalue weighted by Gasteiger charge is -2.11. The van der Waals surface area contributed by atoms with Gasteiger partial charge in [-0.1, -0.05) is 6.07 Å². The third-order valence-electron chi connectivity index (χ3n) is 2.54. The van der Waals surface area contributed by atoms with Gasteiger partial charge in [-0.3, -0.25) is 0 Å². The number of aryl methyl sites for hydroxylation is 1. The standard InChI is InChI=1S/C13H9F3N4O/c1-7-2-3-8(6-17)4-9(7)21-11-5-10(13(14,15)16)19-12(18)20-11/h2-5H,1H3,(H2,18,19,20). The highest BCUT2D eigenvalue weighted by Gasteiger charge is 2.33. The van der Waals surface area contributed by atoms with Gasteiger partial charge in [0.05, 0.1) is 11.6 Å². The van der Waals surface area contributed by atoms with Crippen molar-refractivity contribution in [1.29, 1.82) is 5.26 Å². The van der Waals surface area contributed by atoms with Gasteiger partial charge in [-0.2, -0.15) is 23.4 Å². The summed E-state index contributed by atoms with van der Waals surface area (Å²) in [5.41, 5.74) is 5.01. The molecular weight excluding hydrogens is 285 g/mol. The fourth-order valence-electron chi connectivity index (χ4n) is 1.53. The Morgan fingerprint density at radius 1 is 1.24 bits per heavy atom. The molecule has 0 fully saturated rings. The Kier molecular flexibility index (Phi) is 3.67.